The van der Waals surface area contributed by atoms with Crippen LogP contribution in [0.4, 0.5) is 5.13 Å². The van der Waals surface area contributed by atoms with E-state index in [1.807, 2.05) is 18.2 Å². The summed E-state index contributed by atoms with van der Waals surface area (Å²) in [5.41, 5.74) is 3.86. The van der Waals surface area contributed by atoms with E-state index < -0.39 is 0 Å². The molecule has 0 unspecified atom stereocenters. The molecule has 84 valence electrons. The van der Waals surface area contributed by atoms with Gasteiger partial charge in [0.2, 0.25) is 0 Å². The van der Waals surface area contributed by atoms with Crippen molar-refractivity contribution in [2.24, 2.45) is 5.84 Å². The number of nitrogens with two attached hydrogens (primary N) is 1. The molecule has 1 fully saturated rings. The van der Waals surface area contributed by atoms with Crippen molar-refractivity contribution >= 4 is 26.7 Å². The molecule has 2 aromatic rings. The highest BCUT2D eigenvalue weighted by molar-refractivity contribution is 7.22. The summed E-state index contributed by atoms with van der Waals surface area (Å²) >= 11 is 1.71. The molecule has 1 saturated carbocycles. The number of hydrazine groups is 1. The van der Waals surface area contributed by atoms with Gasteiger partial charge in [-0.25, -0.2) is 4.98 Å². The second-order valence-electron chi connectivity index (χ2n) is 4.16. The standard InChI is InChI=1S/C11H14N4S/c12-15-8-5-7(6-8)13-11-14-9-3-1-2-4-10(9)16-11/h1-4,7-8,15H,5-6,12H2,(H,13,14). The van der Waals surface area contributed by atoms with E-state index in [2.05, 4.69) is 21.8 Å². The van der Waals surface area contributed by atoms with Gasteiger partial charge in [0, 0.05) is 12.1 Å². The summed E-state index contributed by atoms with van der Waals surface area (Å²) in [6.07, 6.45) is 2.15. The molecule has 0 atom stereocenters. The predicted octanol–water partition coefficient (Wildman–Crippen LogP) is 1.70. The molecule has 16 heavy (non-hydrogen) atoms. The van der Waals surface area contributed by atoms with Gasteiger partial charge in [-0.15, -0.1) is 0 Å². The lowest BCUT2D eigenvalue weighted by molar-refractivity contribution is 0.313. The minimum Gasteiger partial charge on any atom is -0.359 e. The van der Waals surface area contributed by atoms with Crippen LogP contribution in [0, 0.1) is 0 Å². The number of thiazole rings is 1. The van der Waals surface area contributed by atoms with Gasteiger partial charge in [-0.1, -0.05) is 23.5 Å². The monoisotopic (exact) mass is 234 g/mol. The SMILES string of the molecule is NNC1CC(Nc2nc3ccccc3s2)C1. The van der Waals surface area contributed by atoms with Gasteiger partial charge in [0.05, 0.1) is 10.2 Å². The quantitative estimate of drug-likeness (QED) is 0.559. The smallest absolute Gasteiger partial charge is 0.184 e. The van der Waals surface area contributed by atoms with Gasteiger partial charge in [-0.05, 0) is 25.0 Å². The zero-order valence-corrected chi connectivity index (χ0v) is 9.63. The molecule has 5 heteroatoms. The van der Waals surface area contributed by atoms with Crippen LogP contribution in [-0.4, -0.2) is 17.1 Å². The number of nitrogens with zero attached hydrogens (tertiary/aromatic N) is 1. The number of para-hydroxylation sites is 1. The lowest BCUT2D eigenvalue weighted by Crippen LogP contribution is -2.50. The van der Waals surface area contributed by atoms with Gasteiger partial charge in [-0.3, -0.25) is 11.3 Å². The summed E-state index contributed by atoms with van der Waals surface area (Å²) in [6, 6.07) is 9.19. The lowest BCUT2D eigenvalue weighted by atomic mass is 9.87. The maximum absolute atomic E-state index is 5.36. The number of hydrogen-bond acceptors (Lipinski definition) is 5. The van der Waals surface area contributed by atoms with E-state index in [1.165, 1.54) is 4.70 Å². The largest absolute Gasteiger partial charge is 0.359 e. The number of nitrogens with one attached hydrogen (secondary N) is 2. The summed E-state index contributed by atoms with van der Waals surface area (Å²) in [6.45, 7) is 0. The molecule has 4 nitrogen and oxygen atoms in total. The first-order valence-corrected chi connectivity index (χ1v) is 6.25. The fourth-order valence-corrected chi connectivity index (χ4v) is 2.92. The van der Waals surface area contributed by atoms with Crippen LogP contribution in [0.3, 0.4) is 0 Å². The third-order valence-corrected chi connectivity index (χ3v) is 3.96. The van der Waals surface area contributed by atoms with Gasteiger partial charge in [0.25, 0.3) is 0 Å². The number of hydrogen-bond donors (Lipinski definition) is 3. The molecular formula is C11H14N4S. The van der Waals surface area contributed by atoms with E-state index in [0.29, 0.717) is 12.1 Å². The molecule has 0 radical (unpaired) electrons. The molecule has 4 N–H and O–H groups in total. The summed E-state index contributed by atoms with van der Waals surface area (Å²) in [7, 11) is 0. The fraction of sp³-hybridized carbons (Fsp3) is 0.364. The van der Waals surface area contributed by atoms with Gasteiger partial charge in [0.15, 0.2) is 5.13 Å². The van der Waals surface area contributed by atoms with Crippen LogP contribution in [0.1, 0.15) is 12.8 Å². The first-order chi connectivity index (χ1) is 7.85. The first kappa shape index (κ1) is 10.0. The average Bonchev–Trinajstić information content (AvgIpc) is 2.65. The van der Waals surface area contributed by atoms with E-state index in [1.54, 1.807) is 11.3 Å². The van der Waals surface area contributed by atoms with Crippen molar-refractivity contribution in [3.63, 3.8) is 0 Å². The summed E-state index contributed by atoms with van der Waals surface area (Å²) in [5, 5.41) is 4.46. The Balaban J connectivity index is 1.71. The highest BCUT2D eigenvalue weighted by atomic mass is 32.1. The van der Waals surface area contributed by atoms with E-state index in [-0.39, 0.29) is 0 Å². The van der Waals surface area contributed by atoms with Crippen LogP contribution in [-0.2, 0) is 0 Å². The Bertz CT molecular complexity index is 456. The second-order valence-corrected chi connectivity index (χ2v) is 5.19. The molecule has 3 rings (SSSR count). The third kappa shape index (κ3) is 1.77. The molecule has 0 saturated heterocycles. The molecular weight excluding hydrogens is 220 g/mol. The second kappa shape index (κ2) is 4.01. The fourth-order valence-electron chi connectivity index (χ4n) is 1.98. The molecule has 1 heterocycles. The Kier molecular flexibility index (Phi) is 2.51. The summed E-state index contributed by atoms with van der Waals surface area (Å²) < 4.78 is 1.23. The molecule has 1 aliphatic carbocycles. The highest BCUT2D eigenvalue weighted by Crippen LogP contribution is 2.29. The minimum absolute atomic E-state index is 0.465. The third-order valence-electron chi connectivity index (χ3n) is 3.00. The van der Waals surface area contributed by atoms with Crippen molar-refractivity contribution in [2.45, 2.75) is 24.9 Å². The molecule has 1 aromatic heterocycles. The van der Waals surface area contributed by atoms with Crippen molar-refractivity contribution in [1.29, 1.82) is 0 Å². The van der Waals surface area contributed by atoms with E-state index in [4.69, 9.17) is 5.84 Å². The number of fused-ring (bicyclic) bond motifs is 1. The molecule has 1 aromatic carbocycles. The number of anilines is 1. The van der Waals surface area contributed by atoms with Crippen LogP contribution < -0.4 is 16.6 Å². The topological polar surface area (TPSA) is 63.0 Å². The van der Waals surface area contributed by atoms with Gasteiger partial charge < -0.3 is 5.32 Å². The summed E-state index contributed by atoms with van der Waals surface area (Å²) in [5.74, 6) is 5.36. The van der Waals surface area contributed by atoms with Crippen molar-refractivity contribution in [2.75, 3.05) is 5.32 Å². The van der Waals surface area contributed by atoms with E-state index >= 15 is 0 Å². The molecule has 1 aliphatic rings. The Labute approximate surface area is 97.8 Å². The van der Waals surface area contributed by atoms with Gasteiger partial charge in [0.1, 0.15) is 0 Å². The van der Waals surface area contributed by atoms with Gasteiger partial charge in [-0.2, -0.15) is 0 Å². The molecule has 0 aliphatic heterocycles. The predicted molar refractivity (Wildman–Crippen MR) is 67.4 cm³/mol. The van der Waals surface area contributed by atoms with Crippen LogP contribution in [0.2, 0.25) is 0 Å². The zero-order chi connectivity index (χ0) is 11.0. The molecule has 0 bridgehead atoms. The number of benzene rings is 1. The van der Waals surface area contributed by atoms with Crippen LogP contribution in [0.5, 0.6) is 0 Å². The molecule has 0 spiro atoms. The molecule has 0 amide bonds. The Morgan fingerprint density at radius 1 is 1.25 bits per heavy atom. The van der Waals surface area contributed by atoms with Crippen molar-refractivity contribution in [3.05, 3.63) is 24.3 Å². The van der Waals surface area contributed by atoms with E-state index in [9.17, 15) is 0 Å². The summed E-state index contributed by atoms with van der Waals surface area (Å²) in [4.78, 5) is 4.54. The van der Waals surface area contributed by atoms with Crippen molar-refractivity contribution < 1.29 is 0 Å². The Morgan fingerprint density at radius 2 is 2.06 bits per heavy atom. The normalized spacial score (nSPS) is 24.3. The van der Waals surface area contributed by atoms with Crippen molar-refractivity contribution in [3.8, 4) is 0 Å². The average molecular weight is 234 g/mol. The maximum Gasteiger partial charge on any atom is 0.184 e. The zero-order valence-electron chi connectivity index (χ0n) is 8.81. The van der Waals surface area contributed by atoms with Gasteiger partial charge >= 0.3 is 0 Å². The first-order valence-electron chi connectivity index (χ1n) is 5.43. The van der Waals surface area contributed by atoms with Crippen LogP contribution in [0.15, 0.2) is 24.3 Å². The highest BCUT2D eigenvalue weighted by Gasteiger charge is 2.28. The van der Waals surface area contributed by atoms with Crippen molar-refractivity contribution in [1.82, 2.24) is 10.4 Å². The minimum atomic E-state index is 0.465. The number of aromatic nitrogens is 1. The maximum atomic E-state index is 5.36. The lowest BCUT2D eigenvalue weighted by Gasteiger charge is -2.34. The number of rotatable bonds is 3. The Hall–Kier alpha value is -1.17. The Morgan fingerprint density at radius 3 is 2.81 bits per heavy atom. The van der Waals surface area contributed by atoms with E-state index in [0.717, 1.165) is 23.5 Å². The van der Waals surface area contributed by atoms with Crippen LogP contribution in [0.25, 0.3) is 10.2 Å². The van der Waals surface area contributed by atoms with Crippen LogP contribution >= 0.6 is 11.3 Å².